The SMILES string of the molecule is NCCCNCc1ccc(N2C=C3C=C(CCN[C@H]4CCCNC4)NC3NC2=O)cc1. The molecule has 2 amide bonds. The number of urea groups is 1. The maximum atomic E-state index is 12.7. The molecule has 31 heavy (non-hydrogen) atoms. The molecule has 3 heterocycles. The normalized spacial score (nSPS) is 23.0. The van der Waals surface area contributed by atoms with Crippen LogP contribution < -0.4 is 37.2 Å². The van der Waals surface area contributed by atoms with Crippen molar-refractivity contribution in [3.05, 3.63) is 53.4 Å². The molecule has 1 fully saturated rings. The summed E-state index contributed by atoms with van der Waals surface area (Å²) >= 11 is 0. The maximum absolute atomic E-state index is 12.7. The molecule has 8 nitrogen and oxygen atoms in total. The molecule has 2 atom stereocenters. The van der Waals surface area contributed by atoms with E-state index in [1.807, 2.05) is 18.3 Å². The zero-order valence-corrected chi connectivity index (χ0v) is 18.1. The molecule has 0 aliphatic carbocycles. The third-order valence-electron chi connectivity index (χ3n) is 5.99. The largest absolute Gasteiger partial charge is 0.365 e. The summed E-state index contributed by atoms with van der Waals surface area (Å²) in [6.07, 6.45) is 8.33. The number of fused-ring (bicyclic) bond motifs is 1. The highest BCUT2D eigenvalue weighted by Gasteiger charge is 2.30. The number of anilines is 1. The van der Waals surface area contributed by atoms with Gasteiger partial charge in [-0.25, -0.2) is 4.79 Å². The van der Waals surface area contributed by atoms with E-state index in [0.29, 0.717) is 12.6 Å². The van der Waals surface area contributed by atoms with Crippen molar-refractivity contribution in [3.8, 4) is 0 Å². The summed E-state index contributed by atoms with van der Waals surface area (Å²) in [5.74, 6) is 0. The molecule has 1 aromatic carbocycles. The van der Waals surface area contributed by atoms with Gasteiger partial charge in [-0.2, -0.15) is 0 Å². The molecule has 0 bridgehead atoms. The van der Waals surface area contributed by atoms with Gasteiger partial charge < -0.3 is 32.3 Å². The van der Waals surface area contributed by atoms with Gasteiger partial charge in [0.1, 0.15) is 6.17 Å². The van der Waals surface area contributed by atoms with Crippen LogP contribution in [0.15, 0.2) is 47.8 Å². The van der Waals surface area contributed by atoms with Gasteiger partial charge in [-0.3, -0.25) is 4.90 Å². The molecule has 8 heteroatoms. The quantitative estimate of drug-likeness (QED) is 0.314. The third-order valence-corrected chi connectivity index (χ3v) is 5.99. The standard InChI is InChI=1S/C23H35N7O/c24-9-2-11-25-14-17-4-6-21(7-5-17)30-16-18-13-19(28-22(18)29-23(30)31)8-12-27-20-3-1-10-26-15-20/h4-7,13,16,20,22,25-28H,1-3,8-12,14-15,24H2,(H,29,31)/t20-,22?/m0/s1. The fourth-order valence-corrected chi connectivity index (χ4v) is 4.23. The van der Waals surface area contributed by atoms with Crippen molar-refractivity contribution in [2.75, 3.05) is 37.6 Å². The average Bonchev–Trinajstić information content (AvgIpc) is 3.19. The second-order valence-electron chi connectivity index (χ2n) is 8.43. The number of benzene rings is 1. The number of carbonyl (C=O) groups excluding carboxylic acids is 1. The van der Waals surface area contributed by atoms with Gasteiger partial charge in [0.25, 0.3) is 0 Å². The van der Waals surface area contributed by atoms with Gasteiger partial charge in [0.05, 0.1) is 5.69 Å². The Kier molecular flexibility index (Phi) is 7.58. The van der Waals surface area contributed by atoms with Crippen LogP contribution >= 0.6 is 0 Å². The summed E-state index contributed by atoms with van der Waals surface area (Å²) in [5, 5.41) is 16.9. The Morgan fingerprint density at radius 2 is 2.03 bits per heavy atom. The maximum Gasteiger partial charge on any atom is 0.327 e. The third kappa shape index (κ3) is 5.86. The first-order chi connectivity index (χ1) is 15.2. The Hall–Kier alpha value is -2.39. The van der Waals surface area contributed by atoms with E-state index in [0.717, 1.165) is 62.5 Å². The Morgan fingerprint density at radius 1 is 1.16 bits per heavy atom. The first kappa shape index (κ1) is 21.8. The highest BCUT2D eigenvalue weighted by Crippen LogP contribution is 2.25. The number of rotatable bonds is 10. The van der Waals surface area contributed by atoms with Crippen molar-refractivity contribution in [1.29, 1.82) is 0 Å². The first-order valence-corrected chi connectivity index (χ1v) is 11.5. The predicted octanol–water partition coefficient (Wildman–Crippen LogP) is 1.08. The van der Waals surface area contributed by atoms with Gasteiger partial charge in [-0.05, 0) is 69.1 Å². The summed E-state index contributed by atoms with van der Waals surface area (Å²) in [4.78, 5) is 14.3. The second-order valence-corrected chi connectivity index (χ2v) is 8.43. The number of nitrogens with one attached hydrogen (secondary N) is 5. The first-order valence-electron chi connectivity index (χ1n) is 11.5. The Morgan fingerprint density at radius 3 is 2.81 bits per heavy atom. The fraction of sp³-hybridized carbons (Fsp3) is 0.522. The average molecular weight is 426 g/mol. The number of amides is 2. The Bertz CT molecular complexity index is 799. The highest BCUT2D eigenvalue weighted by atomic mass is 16.2. The molecule has 7 N–H and O–H groups in total. The van der Waals surface area contributed by atoms with Gasteiger partial charge in [0, 0.05) is 43.1 Å². The van der Waals surface area contributed by atoms with Crippen LogP contribution in [-0.4, -0.2) is 51.0 Å². The molecule has 3 aliphatic heterocycles. The number of nitrogens with zero attached hydrogens (tertiary/aromatic N) is 1. The monoisotopic (exact) mass is 425 g/mol. The molecular formula is C23H35N7O. The van der Waals surface area contributed by atoms with Crippen LogP contribution in [-0.2, 0) is 6.54 Å². The Balaban J connectivity index is 1.32. The minimum Gasteiger partial charge on any atom is -0.365 e. The van der Waals surface area contributed by atoms with E-state index >= 15 is 0 Å². The lowest BCUT2D eigenvalue weighted by Gasteiger charge is -2.29. The lowest BCUT2D eigenvalue weighted by Crippen LogP contribution is -2.51. The summed E-state index contributed by atoms with van der Waals surface area (Å²) in [5.41, 5.74) is 9.82. The van der Waals surface area contributed by atoms with Gasteiger partial charge in [-0.1, -0.05) is 12.1 Å². The molecule has 168 valence electrons. The second kappa shape index (κ2) is 10.8. The Labute approximate surface area is 184 Å². The number of hydrogen-bond donors (Lipinski definition) is 6. The van der Waals surface area contributed by atoms with Crippen molar-refractivity contribution in [1.82, 2.24) is 26.6 Å². The van der Waals surface area contributed by atoms with Crippen molar-refractivity contribution < 1.29 is 4.79 Å². The van der Waals surface area contributed by atoms with Gasteiger partial charge in [0.2, 0.25) is 0 Å². The van der Waals surface area contributed by atoms with Crippen LogP contribution in [0, 0.1) is 0 Å². The molecule has 1 saturated heterocycles. The van der Waals surface area contributed by atoms with Crippen LogP contribution in [0.5, 0.6) is 0 Å². The summed E-state index contributed by atoms with van der Waals surface area (Å²) in [7, 11) is 0. The number of hydrogen-bond acceptors (Lipinski definition) is 6. The number of carbonyl (C=O) groups is 1. The van der Waals surface area contributed by atoms with Gasteiger partial charge in [-0.15, -0.1) is 0 Å². The zero-order chi connectivity index (χ0) is 21.5. The molecule has 0 aromatic heterocycles. The van der Waals surface area contributed by atoms with Crippen LogP contribution in [0.2, 0.25) is 0 Å². The minimum atomic E-state index is -0.138. The van der Waals surface area contributed by atoms with Crippen LogP contribution in [0.4, 0.5) is 10.5 Å². The highest BCUT2D eigenvalue weighted by molar-refractivity contribution is 5.96. The molecule has 0 saturated carbocycles. The smallest absolute Gasteiger partial charge is 0.327 e. The lowest BCUT2D eigenvalue weighted by molar-refractivity contribution is 0.243. The molecule has 4 rings (SSSR count). The van der Waals surface area contributed by atoms with Crippen LogP contribution in [0.1, 0.15) is 31.2 Å². The number of nitrogens with two attached hydrogens (primary N) is 1. The van der Waals surface area contributed by atoms with E-state index in [-0.39, 0.29) is 12.2 Å². The van der Waals surface area contributed by atoms with E-state index in [2.05, 4.69) is 44.8 Å². The van der Waals surface area contributed by atoms with Gasteiger partial charge in [0.15, 0.2) is 0 Å². The van der Waals surface area contributed by atoms with E-state index in [1.54, 1.807) is 4.90 Å². The summed E-state index contributed by atoms with van der Waals surface area (Å²) < 4.78 is 0. The fourth-order valence-electron chi connectivity index (χ4n) is 4.23. The molecule has 0 radical (unpaired) electrons. The van der Waals surface area contributed by atoms with Crippen molar-refractivity contribution in [2.45, 2.75) is 44.4 Å². The lowest BCUT2D eigenvalue weighted by atomic mass is 10.1. The van der Waals surface area contributed by atoms with Crippen LogP contribution in [0.3, 0.4) is 0 Å². The van der Waals surface area contributed by atoms with Crippen molar-refractivity contribution in [2.24, 2.45) is 5.73 Å². The minimum absolute atomic E-state index is 0.115. The summed E-state index contributed by atoms with van der Waals surface area (Å²) in [6, 6.07) is 8.55. The van der Waals surface area contributed by atoms with E-state index < -0.39 is 0 Å². The molecule has 0 spiro atoms. The van der Waals surface area contributed by atoms with E-state index in [4.69, 9.17) is 5.73 Å². The summed E-state index contributed by atoms with van der Waals surface area (Å²) in [6.45, 7) is 5.53. The van der Waals surface area contributed by atoms with Crippen LogP contribution in [0.25, 0.3) is 0 Å². The molecule has 1 aromatic rings. The molecular weight excluding hydrogens is 390 g/mol. The topological polar surface area (TPSA) is 106 Å². The van der Waals surface area contributed by atoms with Gasteiger partial charge >= 0.3 is 6.03 Å². The zero-order valence-electron chi connectivity index (χ0n) is 18.1. The van der Waals surface area contributed by atoms with E-state index in [1.165, 1.54) is 18.4 Å². The van der Waals surface area contributed by atoms with Crippen molar-refractivity contribution in [3.63, 3.8) is 0 Å². The van der Waals surface area contributed by atoms with Crippen molar-refractivity contribution >= 4 is 11.7 Å². The number of piperidine rings is 1. The van der Waals surface area contributed by atoms with E-state index in [9.17, 15) is 4.79 Å². The predicted molar refractivity (Wildman–Crippen MR) is 124 cm³/mol. The molecule has 1 unspecified atom stereocenters. The molecule has 3 aliphatic rings.